The zero-order chi connectivity index (χ0) is 16.4. The van der Waals surface area contributed by atoms with Crippen molar-refractivity contribution >= 4 is 11.8 Å². The van der Waals surface area contributed by atoms with Crippen molar-refractivity contribution in [2.45, 2.75) is 18.9 Å². The zero-order valence-electron chi connectivity index (χ0n) is 13.3. The number of anilines is 2. The van der Waals surface area contributed by atoms with E-state index in [2.05, 4.69) is 37.3 Å². The highest BCUT2D eigenvalue weighted by Crippen LogP contribution is 2.26. The molecule has 1 aromatic carbocycles. The summed E-state index contributed by atoms with van der Waals surface area (Å²) in [6.07, 6.45) is 5.74. The van der Waals surface area contributed by atoms with Gasteiger partial charge in [0.05, 0.1) is 12.2 Å². The van der Waals surface area contributed by atoms with Crippen LogP contribution in [0.4, 0.5) is 11.8 Å². The molecule has 0 unspecified atom stereocenters. The third-order valence-corrected chi connectivity index (χ3v) is 4.40. The predicted octanol–water partition coefficient (Wildman–Crippen LogP) is 2.16. The predicted molar refractivity (Wildman–Crippen MR) is 92.4 cm³/mol. The van der Waals surface area contributed by atoms with Crippen LogP contribution in [0.15, 0.2) is 48.8 Å². The Hall–Kier alpha value is -2.96. The topological polar surface area (TPSA) is 85.8 Å². The molecule has 122 valence electrons. The second kappa shape index (κ2) is 6.27. The van der Waals surface area contributed by atoms with Gasteiger partial charge in [0.15, 0.2) is 0 Å². The molecule has 7 heteroatoms. The summed E-state index contributed by atoms with van der Waals surface area (Å²) >= 11 is 0. The molecule has 1 aliphatic heterocycles. The standard InChI is InChI=1S/C17H19N7/c18-17-19-9-6-16(20-17)23-10-7-14(8-11-23)24-12-15(21-22-24)13-4-2-1-3-5-13/h1-6,9,12,14H,7-8,10-11H2,(H2,18,19,20). The molecule has 0 aliphatic carbocycles. The maximum atomic E-state index is 5.67. The number of nitrogen functional groups attached to an aromatic ring is 1. The smallest absolute Gasteiger partial charge is 0.221 e. The number of aromatic nitrogens is 5. The van der Waals surface area contributed by atoms with Crippen LogP contribution in [0.2, 0.25) is 0 Å². The van der Waals surface area contributed by atoms with Gasteiger partial charge in [0.2, 0.25) is 5.95 Å². The average Bonchev–Trinajstić information content (AvgIpc) is 3.13. The molecule has 3 heterocycles. The van der Waals surface area contributed by atoms with Crippen molar-refractivity contribution in [1.29, 1.82) is 0 Å². The van der Waals surface area contributed by atoms with Crippen LogP contribution in [0, 0.1) is 0 Å². The number of hydrogen-bond donors (Lipinski definition) is 1. The van der Waals surface area contributed by atoms with Crippen molar-refractivity contribution in [3.05, 3.63) is 48.8 Å². The molecule has 0 radical (unpaired) electrons. The highest BCUT2D eigenvalue weighted by molar-refractivity contribution is 5.57. The van der Waals surface area contributed by atoms with Crippen molar-refractivity contribution < 1.29 is 0 Å². The number of piperidine rings is 1. The summed E-state index contributed by atoms with van der Waals surface area (Å²) in [5.41, 5.74) is 7.68. The number of nitrogens with zero attached hydrogens (tertiary/aromatic N) is 6. The van der Waals surface area contributed by atoms with Gasteiger partial charge in [0.25, 0.3) is 0 Å². The van der Waals surface area contributed by atoms with Crippen molar-refractivity contribution in [2.75, 3.05) is 23.7 Å². The van der Waals surface area contributed by atoms with Gasteiger partial charge >= 0.3 is 0 Å². The fourth-order valence-corrected chi connectivity index (χ4v) is 3.10. The Bertz CT molecular complexity index is 807. The molecule has 0 amide bonds. The molecule has 3 aromatic rings. The van der Waals surface area contributed by atoms with E-state index >= 15 is 0 Å². The van der Waals surface area contributed by atoms with Gasteiger partial charge in [-0.3, -0.25) is 0 Å². The molecule has 4 rings (SSSR count). The first-order valence-electron chi connectivity index (χ1n) is 8.10. The molecule has 0 atom stereocenters. The van der Waals surface area contributed by atoms with Crippen LogP contribution in [0.3, 0.4) is 0 Å². The van der Waals surface area contributed by atoms with Crippen LogP contribution in [0.25, 0.3) is 11.3 Å². The number of nitrogens with two attached hydrogens (primary N) is 1. The molecule has 7 nitrogen and oxygen atoms in total. The van der Waals surface area contributed by atoms with E-state index in [1.807, 2.05) is 35.1 Å². The van der Waals surface area contributed by atoms with E-state index in [4.69, 9.17) is 5.73 Å². The quantitative estimate of drug-likeness (QED) is 0.795. The van der Waals surface area contributed by atoms with E-state index < -0.39 is 0 Å². The minimum Gasteiger partial charge on any atom is -0.368 e. The summed E-state index contributed by atoms with van der Waals surface area (Å²) in [6.45, 7) is 1.84. The Morgan fingerprint density at radius 1 is 1.04 bits per heavy atom. The summed E-state index contributed by atoms with van der Waals surface area (Å²) in [4.78, 5) is 10.5. The van der Waals surface area contributed by atoms with Gasteiger partial charge < -0.3 is 10.6 Å². The second-order valence-corrected chi connectivity index (χ2v) is 5.94. The van der Waals surface area contributed by atoms with Crippen molar-refractivity contribution in [2.24, 2.45) is 0 Å². The van der Waals surface area contributed by atoms with E-state index in [-0.39, 0.29) is 0 Å². The van der Waals surface area contributed by atoms with E-state index in [1.165, 1.54) is 0 Å². The summed E-state index contributed by atoms with van der Waals surface area (Å²) in [7, 11) is 0. The molecule has 0 saturated carbocycles. The van der Waals surface area contributed by atoms with E-state index in [0.717, 1.165) is 43.0 Å². The normalized spacial score (nSPS) is 15.6. The Labute approximate surface area is 140 Å². The van der Waals surface area contributed by atoms with E-state index in [0.29, 0.717) is 12.0 Å². The first-order valence-corrected chi connectivity index (χ1v) is 8.10. The lowest BCUT2D eigenvalue weighted by Crippen LogP contribution is -2.35. The number of benzene rings is 1. The Morgan fingerprint density at radius 3 is 2.58 bits per heavy atom. The van der Waals surface area contributed by atoms with Crippen LogP contribution in [0.1, 0.15) is 18.9 Å². The molecule has 1 fully saturated rings. The molecule has 24 heavy (non-hydrogen) atoms. The number of hydrogen-bond acceptors (Lipinski definition) is 6. The maximum absolute atomic E-state index is 5.67. The van der Waals surface area contributed by atoms with Gasteiger partial charge in [-0.1, -0.05) is 35.5 Å². The van der Waals surface area contributed by atoms with Crippen LogP contribution >= 0.6 is 0 Å². The SMILES string of the molecule is Nc1nccc(N2CCC(n3cc(-c4ccccc4)nn3)CC2)n1. The highest BCUT2D eigenvalue weighted by atomic mass is 15.4. The van der Waals surface area contributed by atoms with Crippen molar-refractivity contribution in [3.63, 3.8) is 0 Å². The van der Waals surface area contributed by atoms with Crippen molar-refractivity contribution in [3.8, 4) is 11.3 Å². The minimum atomic E-state index is 0.318. The van der Waals surface area contributed by atoms with Gasteiger partial charge in [-0.25, -0.2) is 9.67 Å². The third kappa shape index (κ3) is 2.92. The molecular formula is C17H19N7. The number of rotatable bonds is 3. The van der Waals surface area contributed by atoms with Gasteiger partial charge in [0, 0.05) is 24.8 Å². The molecule has 2 aromatic heterocycles. The molecule has 2 N–H and O–H groups in total. The fraction of sp³-hybridized carbons (Fsp3) is 0.294. The highest BCUT2D eigenvalue weighted by Gasteiger charge is 2.22. The van der Waals surface area contributed by atoms with E-state index in [9.17, 15) is 0 Å². The Morgan fingerprint density at radius 2 is 1.83 bits per heavy atom. The second-order valence-electron chi connectivity index (χ2n) is 5.94. The van der Waals surface area contributed by atoms with Crippen LogP contribution in [0.5, 0.6) is 0 Å². The van der Waals surface area contributed by atoms with E-state index in [1.54, 1.807) is 6.20 Å². The molecule has 1 aliphatic rings. The molecule has 0 spiro atoms. The molecular weight excluding hydrogens is 302 g/mol. The van der Waals surface area contributed by atoms with Gasteiger partial charge in [0.1, 0.15) is 11.5 Å². The average molecular weight is 321 g/mol. The van der Waals surface area contributed by atoms with Crippen LogP contribution < -0.4 is 10.6 Å². The van der Waals surface area contributed by atoms with Gasteiger partial charge in [-0.05, 0) is 18.9 Å². The molecule has 0 bridgehead atoms. The zero-order valence-corrected chi connectivity index (χ0v) is 13.3. The lowest BCUT2D eigenvalue weighted by Gasteiger charge is -2.32. The van der Waals surface area contributed by atoms with Crippen LogP contribution in [-0.2, 0) is 0 Å². The largest absolute Gasteiger partial charge is 0.368 e. The Kier molecular flexibility index (Phi) is 3.82. The Balaban J connectivity index is 1.44. The van der Waals surface area contributed by atoms with Crippen molar-refractivity contribution in [1.82, 2.24) is 25.0 Å². The summed E-state index contributed by atoms with van der Waals surface area (Å²) in [5.74, 6) is 1.21. The maximum Gasteiger partial charge on any atom is 0.221 e. The third-order valence-electron chi connectivity index (χ3n) is 4.40. The van der Waals surface area contributed by atoms with Crippen LogP contribution in [-0.4, -0.2) is 38.1 Å². The summed E-state index contributed by atoms with van der Waals surface area (Å²) in [5, 5.41) is 8.64. The lowest BCUT2D eigenvalue weighted by molar-refractivity contribution is 0.359. The minimum absolute atomic E-state index is 0.318. The first kappa shape index (κ1) is 14.6. The lowest BCUT2D eigenvalue weighted by atomic mass is 10.1. The first-order chi connectivity index (χ1) is 11.8. The van der Waals surface area contributed by atoms with Gasteiger partial charge in [-0.2, -0.15) is 4.98 Å². The fourth-order valence-electron chi connectivity index (χ4n) is 3.10. The molecule has 1 saturated heterocycles. The summed E-state index contributed by atoms with van der Waals surface area (Å²) < 4.78 is 1.99. The summed E-state index contributed by atoms with van der Waals surface area (Å²) in [6, 6.07) is 12.4. The monoisotopic (exact) mass is 321 g/mol. The van der Waals surface area contributed by atoms with Gasteiger partial charge in [-0.15, -0.1) is 5.10 Å².